The molecule has 0 bridgehead atoms. The lowest BCUT2D eigenvalue weighted by Gasteiger charge is -2.01. The van der Waals surface area contributed by atoms with Crippen LogP contribution in [-0.2, 0) is 16.0 Å². The van der Waals surface area contributed by atoms with Crippen LogP contribution in [0.2, 0.25) is 0 Å². The van der Waals surface area contributed by atoms with Crippen LogP contribution in [0.4, 0.5) is 0 Å². The smallest absolute Gasteiger partial charge is 0.310 e. The molecule has 18 heavy (non-hydrogen) atoms. The van der Waals surface area contributed by atoms with Gasteiger partial charge in [-0.25, -0.2) is 9.97 Å². The summed E-state index contributed by atoms with van der Waals surface area (Å²) in [6.07, 6.45) is 5.54. The fourth-order valence-electron chi connectivity index (χ4n) is 1.53. The molecule has 2 aromatic heterocycles. The largest absolute Gasteiger partial charge is 0.466 e. The minimum absolute atomic E-state index is 0.215. The summed E-state index contributed by atoms with van der Waals surface area (Å²) in [6.45, 7) is 2.20. The van der Waals surface area contributed by atoms with E-state index in [1.165, 1.54) is 6.33 Å². The van der Waals surface area contributed by atoms with Crippen LogP contribution in [0.3, 0.4) is 0 Å². The highest BCUT2D eigenvalue weighted by atomic mass is 127. The van der Waals surface area contributed by atoms with Gasteiger partial charge in [0.15, 0.2) is 0 Å². The van der Waals surface area contributed by atoms with E-state index in [0.29, 0.717) is 6.61 Å². The number of aromatic nitrogens is 3. The number of esters is 1. The summed E-state index contributed by atoms with van der Waals surface area (Å²) >= 11 is 2.13. The maximum atomic E-state index is 11.4. The van der Waals surface area contributed by atoms with E-state index >= 15 is 0 Å². The summed E-state index contributed by atoms with van der Waals surface area (Å²) in [6, 6.07) is 3.75. The molecule has 0 aliphatic rings. The SMILES string of the molecule is CCOC(=O)Cc1ccn(-c2cc(I)ncn2)c1. The quantitative estimate of drug-likeness (QED) is 0.477. The van der Waals surface area contributed by atoms with Gasteiger partial charge in [0.2, 0.25) is 0 Å². The molecule has 0 unspecified atom stereocenters. The number of carbonyl (C=O) groups is 1. The summed E-state index contributed by atoms with van der Waals surface area (Å²) in [5, 5.41) is 0. The van der Waals surface area contributed by atoms with Gasteiger partial charge in [-0.1, -0.05) is 0 Å². The van der Waals surface area contributed by atoms with E-state index in [1.54, 1.807) is 6.92 Å². The predicted molar refractivity (Wildman–Crippen MR) is 74.4 cm³/mol. The normalized spacial score (nSPS) is 10.3. The molecular formula is C12H12IN3O2. The second-order valence-electron chi connectivity index (χ2n) is 3.61. The molecule has 0 atom stereocenters. The number of halogens is 1. The Labute approximate surface area is 118 Å². The Kier molecular flexibility index (Phi) is 4.29. The summed E-state index contributed by atoms with van der Waals surface area (Å²) in [7, 11) is 0. The van der Waals surface area contributed by atoms with Crippen LogP contribution in [0.5, 0.6) is 0 Å². The van der Waals surface area contributed by atoms with E-state index in [4.69, 9.17) is 4.74 Å². The Morgan fingerprint density at radius 3 is 3.06 bits per heavy atom. The highest BCUT2D eigenvalue weighted by Gasteiger charge is 2.06. The Bertz CT molecular complexity index is 554. The van der Waals surface area contributed by atoms with Gasteiger partial charge in [0.25, 0.3) is 0 Å². The van der Waals surface area contributed by atoms with Gasteiger partial charge in [-0.05, 0) is 41.1 Å². The Hall–Kier alpha value is -1.44. The van der Waals surface area contributed by atoms with Crippen molar-refractivity contribution in [2.45, 2.75) is 13.3 Å². The molecule has 94 valence electrons. The molecule has 0 spiro atoms. The molecule has 0 aliphatic carbocycles. The number of ether oxygens (including phenoxy) is 1. The fraction of sp³-hybridized carbons (Fsp3) is 0.250. The first-order valence-electron chi connectivity index (χ1n) is 5.49. The van der Waals surface area contributed by atoms with Crippen molar-refractivity contribution in [1.82, 2.24) is 14.5 Å². The summed E-state index contributed by atoms with van der Waals surface area (Å²) in [5.41, 5.74) is 0.905. The van der Waals surface area contributed by atoms with Crippen molar-refractivity contribution in [2.75, 3.05) is 6.61 Å². The second-order valence-corrected chi connectivity index (χ2v) is 4.71. The molecular weight excluding hydrogens is 345 g/mol. The van der Waals surface area contributed by atoms with Crippen LogP contribution < -0.4 is 0 Å². The number of hydrogen-bond donors (Lipinski definition) is 0. The maximum absolute atomic E-state index is 11.4. The molecule has 6 heteroatoms. The molecule has 0 aliphatic heterocycles. The topological polar surface area (TPSA) is 57.0 Å². The first-order valence-corrected chi connectivity index (χ1v) is 6.57. The summed E-state index contributed by atoms with van der Waals surface area (Å²) < 4.78 is 7.64. The fourth-order valence-corrected chi connectivity index (χ4v) is 1.94. The lowest BCUT2D eigenvalue weighted by molar-refractivity contribution is -0.142. The van der Waals surface area contributed by atoms with E-state index in [-0.39, 0.29) is 12.4 Å². The Morgan fingerprint density at radius 2 is 2.33 bits per heavy atom. The maximum Gasteiger partial charge on any atom is 0.310 e. The summed E-state index contributed by atoms with van der Waals surface area (Å²) in [4.78, 5) is 19.6. The van der Waals surface area contributed by atoms with Crippen molar-refractivity contribution in [3.05, 3.63) is 40.1 Å². The zero-order valence-electron chi connectivity index (χ0n) is 9.84. The second kappa shape index (κ2) is 5.94. The zero-order valence-corrected chi connectivity index (χ0v) is 12.0. The molecule has 0 amide bonds. The molecule has 2 rings (SSSR count). The van der Waals surface area contributed by atoms with E-state index in [9.17, 15) is 4.79 Å². The van der Waals surface area contributed by atoms with Gasteiger partial charge in [-0.15, -0.1) is 0 Å². The van der Waals surface area contributed by atoms with Crippen LogP contribution in [-0.4, -0.2) is 27.1 Å². The van der Waals surface area contributed by atoms with Crippen LogP contribution in [0.25, 0.3) is 5.82 Å². The summed E-state index contributed by atoms with van der Waals surface area (Å²) in [5.74, 6) is 0.567. The van der Waals surface area contributed by atoms with Gasteiger partial charge in [-0.3, -0.25) is 4.79 Å². The molecule has 2 heterocycles. The Morgan fingerprint density at radius 1 is 1.50 bits per heavy atom. The van der Waals surface area contributed by atoms with E-state index < -0.39 is 0 Å². The molecule has 0 saturated carbocycles. The van der Waals surface area contributed by atoms with Gasteiger partial charge >= 0.3 is 5.97 Å². The molecule has 0 saturated heterocycles. The van der Waals surface area contributed by atoms with Crippen molar-refractivity contribution in [1.29, 1.82) is 0 Å². The standard InChI is InChI=1S/C12H12IN3O2/c1-2-18-12(17)5-9-3-4-16(7-9)11-6-10(13)14-8-15-11/h3-4,6-8H,2,5H2,1H3. The zero-order chi connectivity index (χ0) is 13.0. The van der Waals surface area contributed by atoms with E-state index in [2.05, 4.69) is 32.6 Å². The third-order valence-corrected chi connectivity index (χ3v) is 2.88. The number of hydrogen-bond acceptors (Lipinski definition) is 4. The van der Waals surface area contributed by atoms with Crippen molar-refractivity contribution in [3.63, 3.8) is 0 Å². The molecule has 0 N–H and O–H groups in total. The lowest BCUT2D eigenvalue weighted by Crippen LogP contribution is -2.06. The van der Waals surface area contributed by atoms with Crippen LogP contribution in [0.15, 0.2) is 30.9 Å². The van der Waals surface area contributed by atoms with Crippen LogP contribution in [0, 0.1) is 3.70 Å². The molecule has 2 aromatic rings. The predicted octanol–water partition coefficient (Wildman–Crippen LogP) is 1.98. The van der Waals surface area contributed by atoms with Gasteiger partial charge in [-0.2, -0.15) is 0 Å². The van der Waals surface area contributed by atoms with Crippen molar-refractivity contribution in [3.8, 4) is 5.82 Å². The number of nitrogens with zero attached hydrogens (tertiary/aromatic N) is 3. The first kappa shape index (κ1) is 13.0. The van der Waals surface area contributed by atoms with Crippen molar-refractivity contribution >= 4 is 28.6 Å². The third kappa shape index (κ3) is 3.28. The van der Waals surface area contributed by atoms with E-state index in [1.807, 2.05) is 29.1 Å². The number of rotatable bonds is 4. The van der Waals surface area contributed by atoms with Crippen LogP contribution >= 0.6 is 22.6 Å². The van der Waals surface area contributed by atoms with Crippen molar-refractivity contribution in [2.24, 2.45) is 0 Å². The lowest BCUT2D eigenvalue weighted by atomic mass is 10.2. The van der Waals surface area contributed by atoms with Gasteiger partial charge in [0, 0.05) is 18.5 Å². The Balaban J connectivity index is 2.13. The molecule has 0 radical (unpaired) electrons. The molecule has 0 aromatic carbocycles. The highest BCUT2D eigenvalue weighted by Crippen LogP contribution is 2.11. The minimum Gasteiger partial charge on any atom is -0.466 e. The van der Waals surface area contributed by atoms with Crippen LogP contribution in [0.1, 0.15) is 12.5 Å². The van der Waals surface area contributed by atoms with Gasteiger partial charge < -0.3 is 9.30 Å². The van der Waals surface area contributed by atoms with Gasteiger partial charge in [0.05, 0.1) is 13.0 Å². The molecule has 0 fully saturated rings. The average molecular weight is 357 g/mol. The van der Waals surface area contributed by atoms with E-state index in [0.717, 1.165) is 15.1 Å². The minimum atomic E-state index is -0.215. The number of carbonyl (C=O) groups excluding carboxylic acids is 1. The monoisotopic (exact) mass is 357 g/mol. The first-order chi connectivity index (χ1) is 8.69. The van der Waals surface area contributed by atoms with Gasteiger partial charge in [0.1, 0.15) is 15.8 Å². The average Bonchev–Trinajstić information content (AvgIpc) is 2.78. The van der Waals surface area contributed by atoms with Crippen molar-refractivity contribution < 1.29 is 9.53 Å². The molecule has 5 nitrogen and oxygen atoms in total. The highest BCUT2D eigenvalue weighted by molar-refractivity contribution is 14.1. The third-order valence-electron chi connectivity index (χ3n) is 2.29.